The fourth-order valence-electron chi connectivity index (χ4n) is 2.51. The van der Waals surface area contributed by atoms with Crippen molar-refractivity contribution in [3.63, 3.8) is 0 Å². The van der Waals surface area contributed by atoms with Gasteiger partial charge in [0.05, 0.1) is 6.20 Å². The van der Waals surface area contributed by atoms with Crippen molar-refractivity contribution in [3.05, 3.63) is 89.7 Å². The van der Waals surface area contributed by atoms with Crippen LogP contribution in [0.4, 0.5) is 0 Å². The highest BCUT2D eigenvalue weighted by molar-refractivity contribution is 5.94. The Balaban J connectivity index is 1.52. The molecule has 0 spiro atoms. The molecule has 4 nitrogen and oxygen atoms in total. The molecule has 0 saturated carbocycles. The number of pyridine rings is 1. The molecule has 2 aromatic carbocycles. The summed E-state index contributed by atoms with van der Waals surface area (Å²) in [6, 6.07) is 19.0. The lowest BCUT2D eigenvalue weighted by atomic mass is 10.1. The maximum Gasteiger partial charge on any atom is 0.251 e. The number of nitrogens with zero attached hydrogens (tertiary/aromatic N) is 1. The molecule has 1 heterocycles. The third-order valence-corrected chi connectivity index (χ3v) is 3.77. The number of rotatable bonds is 6. The van der Waals surface area contributed by atoms with E-state index in [1.807, 2.05) is 18.2 Å². The highest BCUT2D eigenvalue weighted by Crippen LogP contribution is 2.20. The second kappa shape index (κ2) is 8.11. The molecular formula is C21H20N2O2. The molecular weight excluding hydrogens is 312 g/mol. The van der Waals surface area contributed by atoms with Crippen molar-refractivity contribution >= 4 is 5.91 Å². The minimum absolute atomic E-state index is 0.0828. The predicted molar refractivity (Wildman–Crippen MR) is 98.0 cm³/mol. The summed E-state index contributed by atoms with van der Waals surface area (Å²) in [5.41, 5.74) is 3.07. The average Bonchev–Trinajstić information content (AvgIpc) is 2.63. The quantitative estimate of drug-likeness (QED) is 0.737. The van der Waals surface area contributed by atoms with Crippen LogP contribution in [0, 0.1) is 6.92 Å². The predicted octanol–water partition coefficient (Wildman–Crippen LogP) is 4.15. The van der Waals surface area contributed by atoms with Gasteiger partial charge in [0.15, 0.2) is 0 Å². The number of amides is 1. The van der Waals surface area contributed by atoms with Crippen LogP contribution in [0.3, 0.4) is 0 Å². The van der Waals surface area contributed by atoms with E-state index in [-0.39, 0.29) is 5.91 Å². The highest BCUT2D eigenvalue weighted by Gasteiger charge is 2.06. The monoisotopic (exact) mass is 332 g/mol. The van der Waals surface area contributed by atoms with Crippen molar-refractivity contribution in [2.24, 2.45) is 0 Å². The van der Waals surface area contributed by atoms with Crippen LogP contribution in [-0.2, 0) is 6.42 Å². The Bertz CT molecular complexity index is 830. The summed E-state index contributed by atoms with van der Waals surface area (Å²) in [5.74, 6) is 1.25. The van der Waals surface area contributed by atoms with Gasteiger partial charge in [0.25, 0.3) is 5.91 Å². The lowest BCUT2D eigenvalue weighted by Crippen LogP contribution is -2.25. The van der Waals surface area contributed by atoms with E-state index >= 15 is 0 Å². The number of ether oxygens (including phenoxy) is 1. The van der Waals surface area contributed by atoms with Crippen LogP contribution in [0.1, 0.15) is 21.5 Å². The van der Waals surface area contributed by atoms with Crippen molar-refractivity contribution in [2.75, 3.05) is 6.54 Å². The maximum absolute atomic E-state index is 12.2. The number of benzene rings is 2. The summed E-state index contributed by atoms with van der Waals surface area (Å²) >= 11 is 0. The molecule has 0 atom stereocenters. The Hall–Kier alpha value is -3.14. The summed E-state index contributed by atoms with van der Waals surface area (Å²) in [5, 5.41) is 2.95. The average molecular weight is 332 g/mol. The van der Waals surface area contributed by atoms with E-state index in [1.54, 1.807) is 36.7 Å². The lowest BCUT2D eigenvalue weighted by Gasteiger charge is -2.08. The molecule has 1 N–H and O–H groups in total. The van der Waals surface area contributed by atoms with Gasteiger partial charge in [-0.3, -0.25) is 9.78 Å². The zero-order chi connectivity index (χ0) is 17.5. The Kier molecular flexibility index (Phi) is 5.42. The third-order valence-electron chi connectivity index (χ3n) is 3.77. The highest BCUT2D eigenvalue weighted by atomic mass is 16.5. The minimum atomic E-state index is -0.0828. The molecule has 3 aromatic rings. The van der Waals surface area contributed by atoms with Gasteiger partial charge in [-0.2, -0.15) is 0 Å². The van der Waals surface area contributed by atoms with E-state index in [2.05, 4.69) is 35.4 Å². The van der Waals surface area contributed by atoms with Crippen LogP contribution >= 0.6 is 0 Å². The first-order valence-electron chi connectivity index (χ1n) is 8.22. The van der Waals surface area contributed by atoms with Gasteiger partial charge in [-0.05, 0) is 55.3 Å². The Morgan fingerprint density at radius 1 is 1.04 bits per heavy atom. The summed E-state index contributed by atoms with van der Waals surface area (Å²) in [7, 11) is 0. The zero-order valence-electron chi connectivity index (χ0n) is 14.1. The number of nitrogens with one attached hydrogen (secondary N) is 1. The standard InChI is InChI=1S/C21H20N2O2/c1-16-4-2-5-17(14-16)11-13-23-21(24)18-7-9-19(10-8-18)25-20-6-3-12-22-15-20/h2-10,12,14-15H,11,13H2,1H3,(H,23,24). The number of carbonyl (C=O) groups is 1. The van der Waals surface area contributed by atoms with Gasteiger partial charge < -0.3 is 10.1 Å². The lowest BCUT2D eigenvalue weighted by molar-refractivity contribution is 0.0954. The van der Waals surface area contributed by atoms with Gasteiger partial charge in [0, 0.05) is 18.3 Å². The largest absolute Gasteiger partial charge is 0.456 e. The second-order valence-electron chi connectivity index (χ2n) is 5.81. The molecule has 0 unspecified atom stereocenters. The van der Waals surface area contributed by atoms with Gasteiger partial charge in [0.2, 0.25) is 0 Å². The smallest absolute Gasteiger partial charge is 0.251 e. The first-order valence-corrected chi connectivity index (χ1v) is 8.22. The molecule has 0 aliphatic carbocycles. The van der Waals surface area contributed by atoms with Gasteiger partial charge in [-0.15, -0.1) is 0 Å². The molecule has 0 bridgehead atoms. The van der Waals surface area contributed by atoms with E-state index in [1.165, 1.54) is 11.1 Å². The van der Waals surface area contributed by atoms with Crippen molar-refractivity contribution in [2.45, 2.75) is 13.3 Å². The molecule has 0 aliphatic heterocycles. The Morgan fingerprint density at radius 2 is 1.88 bits per heavy atom. The van der Waals surface area contributed by atoms with Crippen LogP contribution in [-0.4, -0.2) is 17.4 Å². The van der Waals surface area contributed by atoms with Gasteiger partial charge in [0.1, 0.15) is 11.5 Å². The van der Waals surface area contributed by atoms with E-state index < -0.39 is 0 Å². The number of aryl methyl sites for hydroxylation is 1. The van der Waals surface area contributed by atoms with Crippen LogP contribution < -0.4 is 10.1 Å². The fraction of sp³-hybridized carbons (Fsp3) is 0.143. The summed E-state index contributed by atoms with van der Waals surface area (Å²) in [6.45, 7) is 2.67. The SMILES string of the molecule is Cc1cccc(CCNC(=O)c2ccc(Oc3cccnc3)cc2)c1. The topological polar surface area (TPSA) is 51.2 Å². The zero-order valence-corrected chi connectivity index (χ0v) is 14.1. The van der Waals surface area contributed by atoms with E-state index in [0.717, 1.165) is 6.42 Å². The molecule has 4 heteroatoms. The van der Waals surface area contributed by atoms with E-state index in [9.17, 15) is 4.79 Å². The molecule has 25 heavy (non-hydrogen) atoms. The summed E-state index contributed by atoms with van der Waals surface area (Å²) < 4.78 is 5.67. The van der Waals surface area contributed by atoms with Crippen molar-refractivity contribution in [3.8, 4) is 11.5 Å². The van der Waals surface area contributed by atoms with E-state index in [4.69, 9.17) is 4.74 Å². The van der Waals surface area contributed by atoms with Crippen molar-refractivity contribution < 1.29 is 9.53 Å². The van der Waals surface area contributed by atoms with Gasteiger partial charge in [-0.1, -0.05) is 29.8 Å². The maximum atomic E-state index is 12.2. The van der Waals surface area contributed by atoms with Gasteiger partial charge in [-0.25, -0.2) is 0 Å². The van der Waals surface area contributed by atoms with Crippen LogP contribution in [0.25, 0.3) is 0 Å². The van der Waals surface area contributed by atoms with Crippen molar-refractivity contribution in [1.29, 1.82) is 0 Å². The van der Waals surface area contributed by atoms with E-state index in [0.29, 0.717) is 23.6 Å². The molecule has 1 amide bonds. The molecule has 1 aromatic heterocycles. The summed E-state index contributed by atoms with van der Waals surface area (Å²) in [6.07, 6.45) is 4.15. The van der Waals surface area contributed by atoms with Crippen LogP contribution in [0.2, 0.25) is 0 Å². The molecule has 126 valence electrons. The first kappa shape index (κ1) is 16.7. The van der Waals surface area contributed by atoms with Crippen LogP contribution in [0.5, 0.6) is 11.5 Å². The number of hydrogen-bond donors (Lipinski definition) is 1. The molecule has 3 rings (SSSR count). The first-order chi connectivity index (χ1) is 12.2. The summed E-state index contributed by atoms with van der Waals surface area (Å²) in [4.78, 5) is 16.2. The normalized spacial score (nSPS) is 10.3. The molecule has 0 aliphatic rings. The number of aromatic nitrogens is 1. The number of hydrogen-bond acceptors (Lipinski definition) is 3. The minimum Gasteiger partial charge on any atom is -0.456 e. The van der Waals surface area contributed by atoms with Crippen LogP contribution in [0.15, 0.2) is 73.1 Å². The molecule has 0 saturated heterocycles. The Labute approximate surface area is 147 Å². The van der Waals surface area contributed by atoms with Crippen molar-refractivity contribution in [1.82, 2.24) is 10.3 Å². The molecule has 0 radical (unpaired) electrons. The fourth-order valence-corrected chi connectivity index (χ4v) is 2.51. The second-order valence-corrected chi connectivity index (χ2v) is 5.81. The number of carbonyl (C=O) groups excluding carboxylic acids is 1. The third kappa shape index (κ3) is 4.91. The Morgan fingerprint density at radius 3 is 2.60 bits per heavy atom. The van der Waals surface area contributed by atoms with Gasteiger partial charge >= 0.3 is 0 Å². The molecule has 0 fully saturated rings.